The van der Waals surface area contributed by atoms with Crippen molar-refractivity contribution in [2.24, 2.45) is 0 Å². The zero-order valence-electron chi connectivity index (χ0n) is 18.8. The molecule has 0 spiro atoms. The van der Waals surface area contributed by atoms with Gasteiger partial charge < -0.3 is 9.42 Å². The van der Waals surface area contributed by atoms with Crippen LogP contribution in [0.4, 0.5) is 5.82 Å². The van der Waals surface area contributed by atoms with Crippen LogP contribution in [0.1, 0.15) is 22.4 Å². The number of nitrogens with zero attached hydrogens (tertiary/aromatic N) is 2. The Morgan fingerprint density at radius 3 is 2.38 bits per heavy atom. The van der Waals surface area contributed by atoms with Gasteiger partial charge in [0.05, 0.1) is 11.9 Å². The normalized spacial score (nSPS) is 13.0. The third-order valence-corrected chi connectivity index (χ3v) is 6.39. The van der Waals surface area contributed by atoms with Crippen LogP contribution in [0, 0.1) is 0 Å². The van der Waals surface area contributed by atoms with Crippen LogP contribution in [0.15, 0.2) is 83.5 Å². The third kappa shape index (κ3) is 6.18. The zero-order valence-corrected chi connectivity index (χ0v) is 19.7. The Hall–Kier alpha value is -3.29. The number of anilines is 1. The minimum Gasteiger partial charge on any atom is -0.356 e. The van der Waals surface area contributed by atoms with Crippen molar-refractivity contribution in [3.63, 3.8) is 0 Å². The predicted octanol–water partition coefficient (Wildman–Crippen LogP) is 4.31. The molecule has 4 rings (SSSR count). The Labute approximate surface area is 198 Å². The molecule has 0 saturated carbocycles. The maximum atomic E-state index is 11.6. The Balaban J connectivity index is 1.40. The number of nitrogen functional groups attached to an aromatic ring is 1. The van der Waals surface area contributed by atoms with E-state index in [4.69, 9.17) is 14.8 Å². The van der Waals surface area contributed by atoms with Crippen molar-refractivity contribution in [3.8, 4) is 11.3 Å². The van der Waals surface area contributed by atoms with Crippen molar-refractivity contribution in [3.05, 3.63) is 101 Å². The number of aromatic nitrogens is 2. The Morgan fingerprint density at radius 2 is 1.68 bits per heavy atom. The van der Waals surface area contributed by atoms with Gasteiger partial charge in [-0.1, -0.05) is 59.8 Å². The summed E-state index contributed by atoms with van der Waals surface area (Å²) in [7, 11) is -3.02. The lowest BCUT2D eigenvalue weighted by Gasteiger charge is -2.09. The molecule has 0 saturated heterocycles. The molecular formula is C25H27N3O5P+. The van der Waals surface area contributed by atoms with Gasteiger partial charge in [0.2, 0.25) is 6.73 Å². The summed E-state index contributed by atoms with van der Waals surface area (Å²) in [4.78, 5) is 9.43. The van der Waals surface area contributed by atoms with Crippen molar-refractivity contribution in [2.75, 3.05) is 12.8 Å². The monoisotopic (exact) mass is 480 g/mol. The summed E-state index contributed by atoms with van der Waals surface area (Å²) in [6.45, 7) is -0.251. The van der Waals surface area contributed by atoms with Gasteiger partial charge in [-0.15, -0.1) is 0 Å². The number of rotatable bonds is 10. The summed E-state index contributed by atoms with van der Waals surface area (Å²) in [5.41, 5.74) is 11.3. The van der Waals surface area contributed by atoms with E-state index in [-0.39, 0.29) is 6.73 Å². The van der Waals surface area contributed by atoms with Crippen LogP contribution in [0.5, 0.6) is 0 Å². The molecule has 0 aliphatic carbocycles. The topological polar surface area (TPSA) is 112 Å². The molecule has 0 bridgehead atoms. The molecule has 0 aliphatic heterocycles. The Bertz CT molecular complexity index is 1280. The average Bonchev–Trinajstić information content (AvgIpc) is 3.32. The smallest absolute Gasteiger partial charge is 0.356 e. The number of phosphoric acid groups is 1. The first kappa shape index (κ1) is 23.9. The second-order valence-corrected chi connectivity index (χ2v) is 9.41. The first-order chi connectivity index (χ1) is 16.4. The Morgan fingerprint density at radius 1 is 1.00 bits per heavy atom. The molecule has 2 aromatic carbocycles. The molecule has 0 radical (unpaired) electrons. The SMILES string of the molecule is COP(=O)(O)OC[n+]1cccc(-c2cc(Cc3ccc(CCc4ccccc4)cc3)no2)c1N. The number of hydrogen-bond donors (Lipinski definition) is 2. The molecule has 3 N–H and O–H groups in total. The molecule has 1 unspecified atom stereocenters. The number of phosphoric ester groups is 1. The van der Waals surface area contributed by atoms with Gasteiger partial charge in [-0.25, -0.2) is 13.7 Å². The lowest BCUT2D eigenvalue weighted by atomic mass is 10.0. The number of nitrogens with two attached hydrogens (primary N) is 1. The molecule has 1 atom stereocenters. The highest BCUT2D eigenvalue weighted by Gasteiger charge is 2.22. The molecule has 2 aromatic heterocycles. The van der Waals surface area contributed by atoms with Crippen LogP contribution in [-0.4, -0.2) is 17.2 Å². The quantitative estimate of drug-likeness (QED) is 0.257. The van der Waals surface area contributed by atoms with Gasteiger partial charge in [-0.3, -0.25) is 10.3 Å². The molecular weight excluding hydrogens is 453 g/mol. The van der Waals surface area contributed by atoms with Gasteiger partial charge in [-0.05, 0) is 41.7 Å². The summed E-state index contributed by atoms with van der Waals surface area (Å²) < 4.78 is 27.9. The first-order valence-electron chi connectivity index (χ1n) is 10.8. The molecule has 8 nitrogen and oxygen atoms in total. The van der Waals surface area contributed by atoms with Crippen LogP contribution in [0.25, 0.3) is 11.3 Å². The van der Waals surface area contributed by atoms with Crippen molar-refractivity contribution in [2.45, 2.75) is 26.0 Å². The summed E-state index contributed by atoms with van der Waals surface area (Å²) in [6, 6.07) is 24.3. The van der Waals surface area contributed by atoms with Gasteiger partial charge in [-0.2, -0.15) is 0 Å². The van der Waals surface area contributed by atoms with Crippen LogP contribution < -0.4 is 10.3 Å². The second-order valence-electron chi connectivity index (χ2n) is 7.85. The maximum absolute atomic E-state index is 11.6. The van der Waals surface area contributed by atoms with Crippen molar-refractivity contribution < 1.29 is 27.6 Å². The van der Waals surface area contributed by atoms with E-state index in [2.05, 4.69) is 58.2 Å². The van der Waals surface area contributed by atoms with Crippen molar-refractivity contribution in [1.29, 1.82) is 0 Å². The van der Waals surface area contributed by atoms with E-state index in [1.54, 1.807) is 18.3 Å². The second kappa shape index (κ2) is 10.8. The molecule has 176 valence electrons. The van der Waals surface area contributed by atoms with Crippen molar-refractivity contribution in [1.82, 2.24) is 5.16 Å². The van der Waals surface area contributed by atoms with E-state index >= 15 is 0 Å². The molecule has 34 heavy (non-hydrogen) atoms. The number of pyridine rings is 1. The number of hydrogen-bond acceptors (Lipinski definition) is 6. The largest absolute Gasteiger partial charge is 0.475 e. The molecule has 2 heterocycles. The number of benzene rings is 2. The van der Waals surface area contributed by atoms with Gasteiger partial charge >= 0.3 is 7.82 Å². The lowest BCUT2D eigenvalue weighted by Crippen LogP contribution is -2.38. The van der Waals surface area contributed by atoms with E-state index in [9.17, 15) is 9.46 Å². The molecule has 9 heteroatoms. The first-order valence-corrected chi connectivity index (χ1v) is 12.3. The van der Waals surface area contributed by atoms with Crippen LogP contribution in [-0.2, 0) is 39.6 Å². The standard InChI is InChI=1S/C25H26N3O5P/c1-31-34(29,30)32-18-28-15-5-8-23(25(28)26)24-17-22(27-33-24)16-21-13-11-20(12-14-21)10-9-19-6-3-2-4-7-19/h2-8,11-15,17,26H,9-10,16,18H2,1H3,(H,29,30)/p+1. The predicted molar refractivity (Wildman–Crippen MR) is 128 cm³/mol. The zero-order chi connectivity index (χ0) is 24.0. The van der Waals surface area contributed by atoms with E-state index in [0.29, 0.717) is 23.6 Å². The highest BCUT2D eigenvalue weighted by atomic mass is 31.2. The minimum absolute atomic E-state index is 0.251. The average molecular weight is 480 g/mol. The Kier molecular flexibility index (Phi) is 7.55. The van der Waals surface area contributed by atoms with Crippen LogP contribution >= 0.6 is 7.82 Å². The molecule has 0 fully saturated rings. The van der Waals surface area contributed by atoms with Gasteiger partial charge in [0, 0.05) is 19.6 Å². The summed E-state index contributed by atoms with van der Waals surface area (Å²) >= 11 is 0. The summed E-state index contributed by atoms with van der Waals surface area (Å²) in [6.07, 6.45) is 4.26. The van der Waals surface area contributed by atoms with Gasteiger partial charge in [0.15, 0.2) is 5.76 Å². The molecule has 0 amide bonds. The highest BCUT2D eigenvalue weighted by molar-refractivity contribution is 7.47. The number of aryl methyl sites for hydroxylation is 2. The van der Waals surface area contributed by atoms with E-state index in [1.807, 2.05) is 12.1 Å². The third-order valence-electron chi connectivity index (χ3n) is 5.48. The molecule has 4 aromatic rings. The minimum atomic E-state index is -4.12. The molecule has 0 aliphatic rings. The van der Waals surface area contributed by atoms with E-state index in [0.717, 1.165) is 31.2 Å². The van der Waals surface area contributed by atoms with E-state index in [1.165, 1.54) is 15.7 Å². The fourth-order valence-electron chi connectivity index (χ4n) is 3.56. The van der Waals surface area contributed by atoms with E-state index < -0.39 is 7.82 Å². The van der Waals surface area contributed by atoms with Gasteiger partial charge in [0.25, 0.3) is 5.82 Å². The summed E-state index contributed by atoms with van der Waals surface area (Å²) in [5, 5.41) is 4.18. The van der Waals surface area contributed by atoms with Gasteiger partial charge in [0.1, 0.15) is 5.56 Å². The summed E-state index contributed by atoms with van der Waals surface area (Å²) in [5.74, 6) is 0.810. The highest BCUT2D eigenvalue weighted by Crippen LogP contribution is 2.41. The fraction of sp³-hybridized carbons (Fsp3) is 0.200. The fourth-order valence-corrected chi connectivity index (χ4v) is 3.94. The maximum Gasteiger partial charge on any atom is 0.475 e. The lowest BCUT2D eigenvalue weighted by molar-refractivity contribution is -0.711. The van der Waals surface area contributed by atoms with Crippen molar-refractivity contribution >= 4 is 13.6 Å². The van der Waals surface area contributed by atoms with Crippen LogP contribution in [0.3, 0.4) is 0 Å². The van der Waals surface area contributed by atoms with Crippen LogP contribution in [0.2, 0.25) is 0 Å².